The molecule has 0 saturated heterocycles. The van der Waals surface area contributed by atoms with E-state index >= 15 is 0 Å². The highest BCUT2D eigenvalue weighted by atomic mass is 15.2. The van der Waals surface area contributed by atoms with Crippen LogP contribution in [0.15, 0.2) is 36.0 Å². The first-order chi connectivity index (χ1) is 8.12. The second-order valence-corrected chi connectivity index (χ2v) is 5.32. The summed E-state index contributed by atoms with van der Waals surface area (Å²) in [7, 11) is 0. The van der Waals surface area contributed by atoms with E-state index in [1.165, 1.54) is 29.8 Å². The molecule has 0 aromatic heterocycles. The summed E-state index contributed by atoms with van der Waals surface area (Å²) in [5, 5.41) is 0. The van der Waals surface area contributed by atoms with Crippen molar-refractivity contribution < 1.29 is 0 Å². The van der Waals surface area contributed by atoms with Crippen LogP contribution in [0.25, 0.3) is 0 Å². The van der Waals surface area contributed by atoms with Crippen LogP contribution in [0.1, 0.15) is 46.1 Å². The van der Waals surface area contributed by atoms with Gasteiger partial charge in [-0.05, 0) is 25.0 Å². The van der Waals surface area contributed by atoms with Crippen molar-refractivity contribution in [2.75, 3.05) is 11.4 Å². The van der Waals surface area contributed by atoms with E-state index in [0.717, 1.165) is 6.54 Å². The van der Waals surface area contributed by atoms with Gasteiger partial charge in [-0.1, -0.05) is 51.5 Å². The Kier molecular flexibility index (Phi) is 3.28. The van der Waals surface area contributed by atoms with Gasteiger partial charge in [0.15, 0.2) is 0 Å². The second-order valence-electron chi connectivity index (χ2n) is 5.32. The maximum Gasteiger partial charge on any atom is 0.0450 e. The number of hydrogen-bond acceptors (Lipinski definition) is 1. The largest absolute Gasteiger partial charge is 0.344 e. The Balaban J connectivity index is 2.46. The summed E-state index contributed by atoms with van der Waals surface area (Å²) in [6, 6.07) is 8.82. The molecule has 1 aliphatic rings. The molecular formula is C16H23N. The summed E-state index contributed by atoms with van der Waals surface area (Å²) in [5.74, 6) is 0. The molecule has 0 bridgehead atoms. The van der Waals surface area contributed by atoms with Gasteiger partial charge in [0.05, 0.1) is 0 Å². The van der Waals surface area contributed by atoms with Crippen LogP contribution >= 0.6 is 0 Å². The lowest BCUT2D eigenvalue weighted by Crippen LogP contribution is -2.26. The lowest BCUT2D eigenvalue weighted by atomic mass is 9.84. The van der Waals surface area contributed by atoms with E-state index in [1.54, 1.807) is 0 Å². The first-order valence-corrected chi connectivity index (χ1v) is 6.66. The zero-order chi connectivity index (χ0) is 12.5. The average Bonchev–Trinajstić information content (AvgIpc) is 2.55. The lowest BCUT2D eigenvalue weighted by molar-refractivity contribution is 0.623. The smallest absolute Gasteiger partial charge is 0.0450 e. The molecule has 1 aromatic carbocycles. The van der Waals surface area contributed by atoms with Crippen molar-refractivity contribution in [1.82, 2.24) is 0 Å². The van der Waals surface area contributed by atoms with E-state index in [-0.39, 0.29) is 5.41 Å². The molecule has 1 heterocycles. The summed E-state index contributed by atoms with van der Waals surface area (Å²) in [5.41, 5.74) is 4.47. The molecule has 0 atom stereocenters. The maximum atomic E-state index is 2.50. The van der Waals surface area contributed by atoms with Crippen molar-refractivity contribution in [2.45, 2.75) is 46.0 Å². The molecule has 0 aliphatic carbocycles. The number of rotatable bonds is 3. The fourth-order valence-electron chi connectivity index (χ4n) is 2.92. The molecule has 92 valence electrons. The molecule has 0 fully saturated rings. The first-order valence-electron chi connectivity index (χ1n) is 6.66. The van der Waals surface area contributed by atoms with E-state index in [9.17, 15) is 0 Å². The second kappa shape index (κ2) is 4.56. The van der Waals surface area contributed by atoms with Crippen LogP contribution in [0, 0.1) is 0 Å². The molecule has 2 rings (SSSR count). The zero-order valence-electron chi connectivity index (χ0n) is 11.5. The summed E-state index contributed by atoms with van der Waals surface area (Å²) < 4.78 is 0. The third-order valence-electron chi connectivity index (χ3n) is 3.81. The van der Waals surface area contributed by atoms with Crippen molar-refractivity contribution in [3.05, 3.63) is 41.6 Å². The van der Waals surface area contributed by atoms with Crippen LogP contribution in [0.4, 0.5) is 5.69 Å². The molecule has 1 aliphatic heterocycles. The molecule has 17 heavy (non-hydrogen) atoms. The number of unbranched alkanes of at least 4 members (excludes halogenated alkanes) is 1. The zero-order valence-corrected chi connectivity index (χ0v) is 11.5. The molecule has 0 unspecified atom stereocenters. The molecule has 0 N–H and O–H groups in total. The van der Waals surface area contributed by atoms with E-state index in [1.807, 2.05) is 0 Å². The van der Waals surface area contributed by atoms with Gasteiger partial charge in [0, 0.05) is 23.3 Å². The van der Waals surface area contributed by atoms with Crippen LogP contribution in [0.5, 0.6) is 0 Å². The van der Waals surface area contributed by atoms with Crippen molar-refractivity contribution >= 4 is 5.69 Å². The monoisotopic (exact) mass is 229 g/mol. The number of nitrogens with zero attached hydrogens (tertiary/aromatic N) is 1. The predicted molar refractivity (Wildman–Crippen MR) is 75.5 cm³/mol. The number of para-hydroxylation sites is 1. The Bertz CT molecular complexity index is 429. The van der Waals surface area contributed by atoms with Gasteiger partial charge in [-0.2, -0.15) is 0 Å². The number of anilines is 1. The van der Waals surface area contributed by atoms with Crippen LogP contribution < -0.4 is 4.90 Å². The van der Waals surface area contributed by atoms with Gasteiger partial charge in [0.2, 0.25) is 0 Å². The fraction of sp³-hybridized carbons (Fsp3) is 0.500. The number of allylic oxidation sites excluding steroid dienone is 2. The maximum absolute atomic E-state index is 2.50. The predicted octanol–water partition coefficient (Wildman–Crippen LogP) is 4.49. The average molecular weight is 229 g/mol. The molecule has 1 aromatic rings. The molecule has 0 radical (unpaired) electrons. The van der Waals surface area contributed by atoms with E-state index in [2.05, 4.69) is 62.9 Å². The quantitative estimate of drug-likeness (QED) is 0.738. The minimum Gasteiger partial charge on any atom is -0.344 e. The standard InChI is InChI=1S/C16H23N/c1-5-7-12-17-14-11-9-8-10-13(14)16(3,4)15(17)6-2/h6,8-11H,5,7,12H2,1-4H3/b15-6+. The Morgan fingerprint density at radius 2 is 1.94 bits per heavy atom. The van der Waals surface area contributed by atoms with Crippen LogP contribution in [-0.2, 0) is 5.41 Å². The molecule has 1 nitrogen and oxygen atoms in total. The normalized spacial score (nSPS) is 19.8. The highest BCUT2D eigenvalue weighted by Crippen LogP contribution is 2.47. The van der Waals surface area contributed by atoms with Gasteiger partial charge in [-0.25, -0.2) is 0 Å². The Labute approximate surface area is 105 Å². The van der Waals surface area contributed by atoms with Gasteiger partial charge in [-0.15, -0.1) is 0 Å². The molecular weight excluding hydrogens is 206 g/mol. The third kappa shape index (κ3) is 1.88. The van der Waals surface area contributed by atoms with Crippen molar-refractivity contribution in [3.63, 3.8) is 0 Å². The minimum absolute atomic E-state index is 0.152. The van der Waals surface area contributed by atoms with Crippen molar-refractivity contribution in [1.29, 1.82) is 0 Å². The van der Waals surface area contributed by atoms with Crippen molar-refractivity contribution in [3.8, 4) is 0 Å². The number of benzene rings is 1. The Morgan fingerprint density at radius 1 is 1.24 bits per heavy atom. The third-order valence-corrected chi connectivity index (χ3v) is 3.81. The lowest BCUT2D eigenvalue weighted by Gasteiger charge is -2.26. The van der Waals surface area contributed by atoms with Gasteiger partial charge in [0.1, 0.15) is 0 Å². The van der Waals surface area contributed by atoms with Crippen molar-refractivity contribution in [2.24, 2.45) is 0 Å². The van der Waals surface area contributed by atoms with Crippen LogP contribution in [-0.4, -0.2) is 6.54 Å². The molecule has 0 spiro atoms. The van der Waals surface area contributed by atoms with Gasteiger partial charge in [0.25, 0.3) is 0 Å². The van der Waals surface area contributed by atoms with E-state index in [4.69, 9.17) is 0 Å². The van der Waals surface area contributed by atoms with Gasteiger partial charge < -0.3 is 4.90 Å². The highest BCUT2D eigenvalue weighted by Gasteiger charge is 2.38. The number of fused-ring (bicyclic) bond motifs is 1. The van der Waals surface area contributed by atoms with Crippen LogP contribution in [0.2, 0.25) is 0 Å². The number of hydrogen-bond donors (Lipinski definition) is 0. The molecule has 0 amide bonds. The molecule has 0 saturated carbocycles. The van der Waals surface area contributed by atoms with E-state index in [0.29, 0.717) is 0 Å². The minimum atomic E-state index is 0.152. The fourth-order valence-corrected chi connectivity index (χ4v) is 2.92. The summed E-state index contributed by atoms with van der Waals surface area (Å²) in [4.78, 5) is 2.50. The van der Waals surface area contributed by atoms with E-state index < -0.39 is 0 Å². The topological polar surface area (TPSA) is 3.24 Å². The Hall–Kier alpha value is -1.24. The molecule has 1 heteroatoms. The van der Waals surface area contributed by atoms with Gasteiger partial charge in [-0.3, -0.25) is 0 Å². The first kappa shape index (κ1) is 12.2. The summed E-state index contributed by atoms with van der Waals surface area (Å²) in [6.07, 6.45) is 4.77. The SMILES string of the molecule is C/C=C1/N(CCCC)c2ccccc2C1(C)C. The van der Waals surface area contributed by atoms with Crippen LogP contribution in [0.3, 0.4) is 0 Å². The summed E-state index contributed by atoms with van der Waals surface area (Å²) >= 11 is 0. The summed E-state index contributed by atoms with van der Waals surface area (Å²) in [6.45, 7) is 10.2. The Morgan fingerprint density at radius 3 is 2.59 bits per heavy atom. The van der Waals surface area contributed by atoms with Gasteiger partial charge >= 0.3 is 0 Å². The highest BCUT2D eigenvalue weighted by molar-refractivity contribution is 5.70.